The van der Waals surface area contributed by atoms with Gasteiger partial charge in [-0.3, -0.25) is 0 Å². The largest absolute Gasteiger partial charge is 0.486 e. The zero-order valence-corrected chi connectivity index (χ0v) is 14.9. The standard InChI is InChI=1S/C22H18N2O3/c1-14-16(15-9-10-20-21(13-15)26-12-11-25-20)6-4-7-18(14)23-22-17-5-2-3-8-19(17)27-24-22/h2-10,13H,11-12H2,1H3,(H,23,24). The molecular weight excluding hydrogens is 340 g/mol. The fourth-order valence-corrected chi connectivity index (χ4v) is 3.40. The first-order valence-corrected chi connectivity index (χ1v) is 8.91. The minimum absolute atomic E-state index is 0.580. The molecule has 0 atom stereocenters. The molecule has 0 saturated heterocycles. The quantitative estimate of drug-likeness (QED) is 0.537. The highest BCUT2D eigenvalue weighted by atomic mass is 16.6. The van der Waals surface area contributed by atoms with E-state index < -0.39 is 0 Å². The van der Waals surface area contributed by atoms with Crippen LogP contribution in [0.15, 0.2) is 65.2 Å². The number of anilines is 2. The van der Waals surface area contributed by atoms with Crippen molar-refractivity contribution in [3.8, 4) is 22.6 Å². The maximum absolute atomic E-state index is 5.73. The molecule has 0 radical (unpaired) electrons. The first kappa shape index (κ1) is 15.8. The van der Waals surface area contributed by atoms with Crippen molar-refractivity contribution in [1.29, 1.82) is 0 Å². The molecule has 3 aromatic carbocycles. The second kappa shape index (κ2) is 6.36. The summed E-state index contributed by atoms with van der Waals surface area (Å²) >= 11 is 0. The van der Waals surface area contributed by atoms with E-state index in [1.807, 2.05) is 48.5 Å². The Balaban J connectivity index is 1.53. The average Bonchev–Trinajstić information content (AvgIpc) is 3.12. The van der Waals surface area contributed by atoms with Crippen LogP contribution in [0.4, 0.5) is 11.5 Å². The van der Waals surface area contributed by atoms with Gasteiger partial charge in [0.25, 0.3) is 0 Å². The third-order valence-corrected chi connectivity index (χ3v) is 4.82. The van der Waals surface area contributed by atoms with Crippen molar-refractivity contribution in [2.75, 3.05) is 18.5 Å². The van der Waals surface area contributed by atoms with Crippen molar-refractivity contribution < 1.29 is 14.0 Å². The number of ether oxygens (including phenoxy) is 2. The van der Waals surface area contributed by atoms with Crippen molar-refractivity contribution in [3.05, 3.63) is 66.2 Å². The highest BCUT2D eigenvalue weighted by Gasteiger charge is 2.15. The maximum atomic E-state index is 5.73. The van der Waals surface area contributed by atoms with Crippen molar-refractivity contribution in [2.24, 2.45) is 0 Å². The molecular formula is C22H18N2O3. The Hall–Kier alpha value is -3.47. The lowest BCUT2D eigenvalue weighted by molar-refractivity contribution is 0.171. The van der Waals surface area contributed by atoms with E-state index in [-0.39, 0.29) is 0 Å². The summed E-state index contributed by atoms with van der Waals surface area (Å²) in [7, 11) is 0. The molecule has 0 aliphatic carbocycles. The van der Waals surface area contributed by atoms with Crippen LogP contribution in [-0.2, 0) is 0 Å². The fraction of sp³-hybridized carbons (Fsp3) is 0.136. The van der Waals surface area contributed by atoms with Gasteiger partial charge in [0.1, 0.15) is 13.2 Å². The minimum atomic E-state index is 0.580. The summed E-state index contributed by atoms with van der Waals surface area (Å²) in [4.78, 5) is 0. The molecule has 1 N–H and O–H groups in total. The Morgan fingerprint density at radius 1 is 0.889 bits per heavy atom. The van der Waals surface area contributed by atoms with E-state index in [4.69, 9.17) is 14.0 Å². The topological polar surface area (TPSA) is 56.5 Å². The molecule has 0 spiro atoms. The van der Waals surface area contributed by atoms with Crippen LogP contribution < -0.4 is 14.8 Å². The SMILES string of the molecule is Cc1c(Nc2noc3ccccc23)cccc1-c1ccc2c(c1)OCCO2. The van der Waals surface area contributed by atoms with Gasteiger partial charge < -0.3 is 19.3 Å². The van der Waals surface area contributed by atoms with Crippen LogP contribution in [0.3, 0.4) is 0 Å². The number of rotatable bonds is 3. The van der Waals surface area contributed by atoms with Crippen molar-refractivity contribution in [1.82, 2.24) is 5.16 Å². The molecule has 0 saturated carbocycles. The van der Waals surface area contributed by atoms with Crippen LogP contribution in [0.25, 0.3) is 22.1 Å². The van der Waals surface area contributed by atoms with Gasteiger partial charge in [-0.25, -0.2) is 0 Å². The number of para-hydroxylation sites is 1. The molecule has 1 aliphatic rings. The Labute approximate surface area is 156 Å². The second-order valence-electron chi connectivity index (χ2n) is 6.49. The van der Waals surface area contributed by atoms with Crippen LogP contribution in [0.1, 0.15) is 5.56 Å². The van der Waals surface area contributed by atoms with E-state index >= 15 is 0 Å². The molecule has 2 heterocycles. The Morgan fingerprint density at radius 3 is 2.67 bits per heavy atom. The summed E-state index contributed by atoms with van der Waals surface area (Å²) in [6.07, 6.45) is 0. The van der Waals surface area contributed by atoms with Gasteiger partial charge in [0.2, 0.25) is 0 Å². The Morgan fingerprint density at radius 2 is 1.74 bits per heavy atom. The smallest absolute Gasteiger partial charge is 0.181 e. The number of hydrogen-bond donors (Lipinski definition) is 1. The minimum Gasteiger partial charge on any atom is -0.486 e. The molecule has 4 aromatic rings. The van der Waals surface area contributed by atoms with E-state index in [0.717, 1.165) is 44.8 Å². The third kappa shape index (κ3) is 2.77. The monoisotopic (exact) mass is 358 g/mol. The Bertz CT molecular complexity index is 1130. The van der Waals surface area contributed by atoms with Crippen molar-refractivity contribution in [3.63, 3.8) is 0 Å². The first-order valence-electron chi connectivity index (χ1n) is 8.91. The molecule has 0 amide bonds. The summed E-state index contributed by atoms with van der Waals surface area (Å²) in [5.41, 5.74) is 5.10. The molecule has 27 heavy (non-hydrogen) atoms. The predicted octanol–water partition coefficient (Wildman–Crippen LogP) is 5.32. The molecule has 5 rings (SSSR count). The second-order valence-corrected chi connectivity index (χ2v) is 6.49. The summed E-state index contributed by atoms with van der Waals surface area (Å²) in [5, 5.41) is 8.54. The van der Waals surface area contributed by atoms with E-state index in [2.05, 4.69) is 29.5 Å². The van der Waals surface area contributed by atoms with Gasteiger partial charge in [0.05, 0.1) is 5.39 Å². The fourth-order valence-electron chi connectivity index (χ4n) is 3.40. The lowest BCUT2D eigenvalue weighted by Gasteiger charge is -2.19. The molecule has 0 bridgehead atoms. The predicted molar refractivity (Wildman–Crippen MR) is 105 cm³/mol. The Kier molecular flexibility index (Phi) is 3.71. The number of hydrogen-bond acceptors (Lipinski definition) is 5. The highest BCUT2D eigenvalue weighted by molar-refractivity contribution is 5.90. The van der Waals surface area contributed by atoms with Crippen LogP contribution in [-0.4, -0.2) is 18.4 Å². The normalized spacial score (nSPS) is 12.9. The van der Waals surface area contributed by atoms with E-state index in [1.54, 1.807) is 0 Å². The maximum Gasteiger partial charge on any atom is 0.181 e. The highest BCUT2D eigenvalue weighted by Crippen LogP contribution is 2.37. The van der Waals surface area contributed by atoms with Gasteiger partial charge in [-0.15, -0.1) is 0 Å². The van der Waals surface area contributed by atoms with E-state index in [9.17, 15) is 0 Å². The molecule has 1 aliphatic heterocycles. The third-order valence-electron chi connectivity index (χ3n) is 4.82. The van der Waals surface area contributed by atoms with Crippen LogP contribution in [0.5, 0.6) is 11.5 Å². The van der Waals surface area contributed by atoms with Crippen LogP contribution in [0.2, 0.25) is 0 Å². The van der Waals surface area contributed by atoms with E-state index in [1.165, 1.54) is 0 Å². The zero-order chi connectivity index (χ0) is 18.2. The number of fused-ring (bicyclic) bond motifs is 2. The van der Waals surface area contributed by atoms with Crippen LogP contribution >= 0.6 is 0 Å². The van der Waals surface area contributed by atoms with Gasteiger partial charge in [-0.2, -0.15) is 0 Å². The van der Waals surface area contributed by atoms with Gasteiger partial charge in [-0.1, -0.05) is 35.5 Å². The first-order chi connectivity index (χ1) is 13.3. The summed E-state index contributed by atoms with van der Waals surface area (Å²) < 4.78 is 16.7. The lowest BCUT2D eigenvalue weighted by atomic mass is 9.98. The number of nitrogens with zero attached hydrogens (tertiary/aromatic N) is 1. The van der Waals surface area contributed by atoms with Gasteiger partial charge in [0.15, 0.2) is 22.9 Å². The van der Waals surface area contributed by atoms with Gasteiger partial charge >= 0.3 is 0 Å². The lowest BCUT2D eigenvalue weighted by Crippen LogP contribution is -2.15. The van der Waals surface area contributed by atoms with E-state index in [0.29, 0.717) is 19.0 Å². The zero-order valence-electron chi connectivity index (χ0n) is 14.9. The summed E-state index contributed by atoms with van der Waals surface area (Å²) in [6, 6.07) is 20.1. The molecule has 5 nitrogen and oxygen atoms in total. The average molecular weight is 358 g/mol. The van der Waals surface area contributed by atoms with Gasteiger partial charge in [0, 0.05) is 5.69 Å². The number of aromatic nitrogens is 1. The molecule has 0 fully saturated rings. The summed E-state index contributed by atoms with van der Waals surface area (Å²) in [5.74, 6) is 2.30. The molecule has 134 valence electrons. The molecule has 1 aromatic heterocycles. The van der Waals surface area contributed by atoms with Crippen molar-refractivity contribution in [2.45, 2.75) is 6.92 Å². The van der Waals surface area contributed by atoms with Crippen molar-refractivity contribution >= 4 is 22.5 Å². The van der Waals surface area contributed by atoms with Crippen LogP contribution in [0, 0.1) is 6.92 Å². The molecule has 0 unspecified atom stereocenters. The molecule has 5 heteroatoms. The summed E-state index contributed by atoms with van der Waals surface area (Å²) in [6.45, 7) is 3.27. The van der Waals surface area contributed by atoms with Gasteiger partial charge in [-0.05, 0) is 53.9 Å². The number of nitrogens with one attached hydrogen (secondary N) is 1. The number of benzene rings is 3.